The second-order valence-electron chi connectivity index (χ2n) is 6.12. The molecule has 5 heteroatoms. The second-order valence-corrected chi connectivity index (χ2v) is 6.12. The Hall–Kier alpha value is -1.39. The molecule has 0 saturated carbocycles. The minimum absolute atomic E-state index is 0.00212. The Labute approximate surface area is 133 Å². The summed E-state index contributed by atoms with van der Waals surface area (Å²) in [5.74, 6) is -0.224. The number of esters is 1. The number of hydrogen-bond acceptors (Lipinski definition) is 4. The highest BCUT2D eigenvalue weighted by Crippen LogP contribution is 2.14. The minimum Gasteiger partial charge on any atom is -0.463 e. The number of unbranched alkanes of at least 4 members (excludes halogenated alkanes) is 5. The molecule has 0 aromatic carbocycles. The van der Waals surface area contributed by atoms with Crippen LogP contribution in [0.3, 0.4) is 0 Å². The third-order valence-corrected chi connectivity index (χ3v) is 3.99. The quantitative estimate of drug-likeness (QED) is 0.459. The van der Waals surface area contributed by atoms with Gasteiger partial charge in [0.1, 0.15) is 0 Å². The van der Waals surface area contributed by atoms with Gasteiger partial charge in [-0.15, -0.1) is 0 Å². The molecule has 1 atom stereocenters. The molecule has 1 aliphatic rings. The van der Waals surface area contributed by atoms with Crippen LogP contribution in [-0.4, -0.2) is 35.3 Å². The zero-order valence-electron chi connectivity index (χ0n) is 13.9. The molecule has 1 heterocycles. The number of ether oxygens (including phenoxy) is 1. The molecule has 1 unspecified atom stereocenters. The van der Waals surface area contributed by atoms with Crippen molar-refractivity contribution in [3.05, 3.63) is 0 Å². The molecule has 126 valence electrons. The Morgan fingerprint density at radius 3 is 2.36 bits per heavy atom. The van der Waals surface area contributed by atoms with Crippen LogP contribution in [0.4, 0.5) is 0 Å². The predicted octanol–water partition coefficient (Wildman–Crippen LogP) is 3.21. The first kappa shape index (κ1) is 18.7. The van der Waals surface area contributed by atoms with Crippen LogP contribution in [0.25, 0.3) is 0 Å². The van der Waals surface area contributed by atoms with Gasteiger partial charge in [-0.25, -0.2) is 0 Å². The fourth-order valence-corrected chi connectivity index (χ4v) is 2.80. The second kappa shape index (κ2) is 10.4. The van der Waals surface area contributed by atoms with Crippen molar-refractivity contribution in [2.24, 2.45) is 0 Å². The van der Waals surface area contributed by atoms with E-state index < -0.39 is 0 Å². The predicted molar refractivity (Wildman–Crippen MR) is 84.1 cm³/mol. The fraction of sp³-hybridized carbons (Fsp3) is 0.824. The maximum absolute atomic E-state index is 11.8. The van der Waals surface area contributed by atoms with E-state index in [1.165, 1.54) is 11.8 Å². The van der Waals surface area contributed by atoms with Gasteiger partial charge in [-0.1, -0.05) is 25.7 Å². The summed E-state index contributed by atoms with van der Waals surface area (Å²) in [6, 6.07) is 0. The Kier molecular flexibility index (Phi) is 8.78. The minimum atomic E-state index is -0.214. The van der Waals surface area contributed by atoms with E-state index in [9.17, 15) is 14.4 Å². The van der Waals surface area contributed by atoms with Crippen molar-refractivity contribution in [1.29, 1.82) is 0 Å². The Morgan fingerprint density at radius 1 is 1.14 bits per heavy atom. The molecule has 5 nitrogen and oxygen atoms in total. The summed E-state index contributed by atoms with van der Waals surface area (Å²) >= 11 is 0. The molecule has 1 rings (SSSR count). The number of nitrogens with zero attached hydrogens (tertiary/aromatic N) is 1. The molecular weight excluding hydrogens is 282 g/mol. The Bertz CT molecular complexity index is 381. The first-order valence-electron chi connectivity index (χ1n) is 8.51. The molecule has 0 bridgehead atoms. The highest BCUT2D eigenvalue weighted by Gasteiger charge is 2.25. The van der Waals surface area contributed by atoms with Gasteiger partial charge in [-0.3, -0.25) is 19.3 Å². The van der Waals surface area contributed by atoms with Crippen LogP contribution in [0.2, 0.25) is 0 Å². The Morgan fingerprint density at radius 2 is 1.77 bits per heavy atom. The van der Waals surface area contributed by atoms with E-state index >= 15 is 0 Å². The number of carbonyl (C=O) groups excluding carboxylic acids is 3. The van der Waals surface area contributed by atoms with Crippen LogP contribution in [-0.2, 0) is 19.1 Å². The van der Waals surface area contributed by atoms with Gasteiger partial charge >= 0.3 is 5.97 Å². The van der Waals surface area contributed by atoms with Crippen LogP contribution in [0.1, 0.15) is 78.1 Å². The lowest BCUT2D eigenvalue weighted by atomic mass is 10.1. The van der Waals surface area contributed by atoms with E-state index in [2.05, 4.69) is 0 Å². The largest absolute Gasteiger partial charge is 0.463 e. The maximum atomic E-state index is 11.8. The third kappa shape index (κ3) is 7.57. The molecule has 0 radical (unpaired) electrons. The van der Waals surface area contributed by atoms with Gasteiger partial charge in [0.05, 0.1) is 6.10 Å². The molecule has 22 heavy (non-hydrogen) atoms. The van der Waals surface area contributed by atoms with Crippen LogP contribution in [0.15, 0.2) is 0 Å². The Balaban J connectivity index is 1.92. The van der Waals surface area contributed by atoms with Gasteiger partial charge in [-0.2, -0.15) is 0 Å². The number of rotatable bonds is 10. The monoisotopic (exact) mass is 311 g/mol. The molecule has 0 spiro atoms. The number of imide groups is 1. The summed E-state index contributed by atoms with van der Waals surface area (Å²) in [6.07, 6.45) is 9.11. The van der Waals surface area contributed by atoms with E-state index in [1.807, 2.05) is 6.92 Å². The van der Waals surface area contributed by atoms with Crippen molar-refractivity contribution in [3.63, 3.8) is 0 Å². The number of carbonyl (C=O) groups is 3. The average molecular weight is 311 g/mol. The highest BCUT2D eigenvalue weighted by molar-refractivity contribution is 5.96. The van der Waals surface area contributed by atoms with Crippen molar-refractivity contribution in [2.45, 2.75) is 84.2 Å². The van der Waals surface area contributed by atoms with E-state index in [0.717, 1.165) is 51.4 Å². The van der Waals surface area contributed by atoms with Crippen molar-refractivity contribution in [2.75, 3.05) is 6.54 Å². The molecule has 2 amide bonds. The number of amides is 2. The lowest BCUT2D eigenvalue weighted by molar-refractivity contribution is -0.146. The van der Waals surface area contributed by atoms with E-state index in [1.54, 1.807) is 0 Å². The summed E-state index contributed by atoms with van der Waals surface area (Å²) in [5.41, 5.74) is 0. The van der Waals surface area contributed by atoms with Gasteiger partial charge in [0.25, 0.3) is 0 Å². The molecule has 0 N–H and O–H groups in total. The lowest BCUT2D eigenvalue weighted by Gasteiger charge is -2.13. The van der Waals surface area contributed by atoms with E-state index in [4.69, 9.17) is 4.74 Å². The standard InChI is InChI=1S/C17H29NO4/c1-14(22-15(2)19)10-7-5-3-4-6-8-11-16(20)18-13-9-12-17(18)21/h14H,3-13H2,1-2H3. The smallest absolute Gasteiger partial charge is 0.302 e. The number of hydrogen-bond donors (Lipinski definition) is 0. The summed E-state index contributed by atoms with van der Waals surface area (Å²) in [5, 5.41) is 0. The molecule has 0 aromatic heterocycles. The van der Waals surface area contributed by atoms with Gasteiger partial charge in [0.15, 0.2) is 0 Å². The molecule has 1 aliphatic heterocycles. The highest BCUT2D eigenvalue weighted by atomic mass is 16.5. The number of likely N-dealkylation sites (tertiary alicyclic amines) is 1. The van der Waals surface area contributed by atoms with Crippen molar-refractivity contribution in [3.8, 4) is 0 Å². The third-order valence-electron chi connectivity index (χ3n) is 3.99. The van der Waals surface area contributed by atoms with E-state index in [0.29, 0.717) is 19.4 Å². The molecule has 1 fully saturated rings. The van der Waals surface area contributed by atoms with Crippen LogP contribution in [0, 0.1) is 0 Å². The summed E-state index contributed by atoms with van der Waals surface area (Å²) in [6.45, 7) is 3.97. The maximum Gasteiger partial charge on any atom is 0.302 e. The average Bonchev–Trinajstić information content (AvgIpc) is 2.87. The zero-order chi connectivity index (χ0) is 16.4. The van der Waals surface area contributed by atoms with Crippen LogP contribution < -0.4 is 0 Å². The van der Waals surface area contributed by atoms with Gasteiger partial charge in [0, 0.05) is 26.3 Å². The topological polar surface area (TPSA) is 63.7 Å². The summed E-state index contributed by atoms with van der Waals surface area (Å²) in [7, 11) is 0. The summed E-state index contributed by atoms with van der Waals surface area (Å²) < 4.78 is 5.07. The van der Waals surface area contributed by atoms with Crippen LogP contribution in [0.5, 0.6) is 0 Å². The van der Waals surface area contributed by atoms with E-state index in [-0.39, 0.29) is 23.9 Å². The van der Waals surface area contributed by atoms with Gasteiger partial charge < -0.3 is 4.74 Å². The van der Waals surface area contributed by atoms with Gasteiger partial charge in [-0.05, 0) is 32.6 Å². The SMILES string of the molecule is CC(=O)OC(C)CCCCCCCCC(=O)N1CCCC1=O. The molecular formula is C17H29NO4. The van der Waals surface area contributed by atoms with Gasteiger partial charge in [0.2, 0.25) is 11.8 Å². The molecule has 0 aliphatic carbocycles. The fourth-order valence-electron chi connectivity index (χ4n) is 2.80. The molecule has 0 aromatic rings. The van der Waals surface area contributed by atoms with Crippen molar-refractivity contribution >= 4 is 17.8 Å². The summed E-state index contributed by atoms with van der Waals surface area (Å²) in [4.78, 5) is 35.4. The normalized spacial score (nSPS) is 15.9. The zero-order valence-corrected chi connectivity index (χ0v) is 13.9. The van der Waals surface area contributed by atoms with Crippen molar-refractivity contribution in [1.82, 2.24) is 4.90 Å². The van der Waals surface area contributed by atoms with Crippen molar-refractivity contribution < 1.29 is 19.1 Å². The first-order valence-corrected chi connectivity index (χ1v) is 8.51. The lowest BCUT2D eigenvalue weighted by Crippen LogP contribution is -2.31. The first-order chi connectivity index (χ1) is 10.5. The van der Waals surface area contributed by atoms with Crippen LogP contribution >= 0.6 is 0 Å². The molecule has 1 saturated heterocycles.